The van der Waals surface area contributed by atoms with Crippen molar-refractivity contribution in [1.82, 2.24) is 0 Å². The fraction of sp³-hybridized carbons (Fsp3) is 0.267. The maximum atomic E-state index is 13.1. The molecular weight excluding hydrogens is 404 g/mol. The van der Waals surface area contributed by atoms with Crippen LogP contribution in [-0.4, -0.2) is 12.3 Å². The first-order valence-corrected chi connectivity index (χ1v) is 11.2. The highest BCUT2D eigenvalue weighted by Gasteiger charge is 2.26. The number of aryl methyl sites for hydroxylation is 1. The van der Waals surface area contributed by atoms with Gasteiger partial charge in [-0.05, 0) is 110 Å². The number of nitriles is 1. The van der Waals surface area contributed by atoms with Crippen LogP contribution in [0.1, 0.15) is 56.7 Å². The molecule has 33 heavy (non-hydrogen) atoms. The first-order chi connectivity index (χ1) is 15.7. The molecule has 1 aliphatic rings. The molecule has 170 valence electrons. The molecule has 0 spiro atoms. The van der Waals surface area contributed by atoms with Gasteiger partial charge in [0.1, 0.15) is 0 Å². The van der Waals surface area contributed by atoms with Gasteiger partial charge < -0.3 is 5.73 Å². The fourth-order valence-electron chi connectivity index (χ4n) is 4.22. The van der Waals surface area contributed by atoms with Gasteiger partial charge in [0.25, 0.3) is 0 Å². The number of nitrogens with two attached hydrogens (primary N) is 1. The zero-order valence-electron chi connectivity index (χ0n) is 20.3. The van der Waals surface area contributed by atoms with E-state index in [1.165, 1.54) is 0 Å². The van der Waals surface area contributed by atoms with Gasteiger partial charge in [0.05, 0.1) is 11.6 Å². The van der Waals surface area contributed by atoms with Gasteiger partial charge in [-0.25, -0.2) is 0 Å². The molecule has 0 fully saturated rings. The summed E-state index contributed by atoms with van der Waals surface area (Å²) in [5.74, 6) is -0.0440. The van der Waals surface area contributed by atoms with Gasteiger partial charge in [-0.1, -0.05) is 44.0 Å². The molecule has 3 nitrogen and oxygen atoms in total. The van der Waals surface area contributed by atoms with Crippen molar-refractivity contribution in [3.8, 4) is 6.07 Å². The smallest absolute Gasteiger partial charge is 0.160 e. The Kier molecular flexibility index (Phi) is 8.91. The lowest BCUT2D eigenvalue weighted by Gasteiger charge is -2.24. The number of ketones is 1. The predicted molar refractivity (Wildman–Crippen MR) is 139 cm³/mol. The van der Waals surface area contributed by atoms with Crippen LogP contribution in [0.25, 0.3) is 5.57 Å². The minimum Gasteiger partial charge on any atom is -0.330 e. The van der Waals surface area contributed by atoms with E-state index in [-0.39, 0.29) is 5.78 Å². The summed E-state index contributed by atoms with van der Waals surface area (Å²) in [5, 5.41) is 9.38. The van der Waals surface area contributed by atoms with Crippen LogP contribution >= 0.6 is 0 Å². The predicted octanol–water partition coefficient (Wildman–Crippen LogP) is 6.84. The monoisotopic (exact) mass is 438 g/mol. The Bertz CT molecular complexity index is 1180. The van der Waals surface area contributed by atoms with Crippen molar-refractivity contribution in [2.75, 3.05) is 6.54 Å². The quantitative estimate of drug-likeness (QED) is 0.274. The normalized spacial score (nSPS) is 16.2. The Labute approximate surface area is 198 Å². The molecule has 0 saturated carbocycles. The Morgan fingerprint density at radius 1 is 1.15 bits per heavy atom. The summed E-state index contributed by atoms with van der Waals surface area (Å²) in [5.41, 5.74) is 15.2. The largest absolute Gasteiger partial charge is 0.330 e. The molecule has 0 aromatic heterocycles. The van der Waals surface area contributed by atoms with Crippen molar-refractivity contribution in [1.29, 1.82) is 5.26 Å². The second-order valence-corrected chi connectivity index (χ2v) is 8.51. The van der Waals surface area contributed by atoms with Crippen LogP contribution in [0.15, 0.2) is 95.2 Å². The third-order valence-corrected chi connectivity index (χ3v) is 5.94. The molecule has 2 rings (SSSR count). The lowest BCUT2D eigenvalue weighted by molar-refractivity contribution is -0.113. The molecular formula is C30H34N2O. The summed E-state index contributed by atoms with van der Waals surface area (Å²) < 4.78 is 0. The lowest BCUT2D eigenvalue weighted by atomic mass is 9.79. The number of carbonyl (C=O) groups excluding carboxylic acids is 1. The van der Waals surface area contributed by atoms with E-state index in [0.29, 0.717) is 17.7 Å². The summed E-state index contributed by atoms with van der Waals surface area (Å²) in [6.07, 6.45) is 8.46. The standard InChI is InChI=1S/C30H34N2O/c1-8-20(3)28(24(7)33)30(27-13-12-25(18-32)17-22(27)5)29-23(6)21(4)15-19(2)16-26(29)11-9-10-14-31/h8,12-13,15-17H,1-2,6,9-11,14,31H2,3-5,7H3/b28-20-,30-29+. The topological polar surface area (TPSA) is 66.9 Å². The van der Waals surface area contributed by atoms with Gasteiger partial charge >= 0.3 is 0 Å². The number of allylic oxidation sites excluding steroid dienone is 11. The average molecular weight is 439 g/mol. The summed E-state index contributed by atoms with van der Waals surface area (Å²) in [4.78, 5) is 13.1. The number of unbranched alkanes of at least 4 members (excludes halogenated alkanes) is 1. The molecule has 2 N–H and O–H groups in total. The summed E-state index contributed by atoms with van der Waals surface area (Å²) in [7, 11) is 0. The minimum absolute atomic E-state index is 0.0440. The van der Waals surface area contributed by atoms with Gasteiger partial charge in [-0.15, -0.1) is 0 Å². The second-order valence-electron chi connectivity index (χ2n) is 8.51. The van der Waals surface area contributed by atoms with E-state index in [1.807, 2.05) is 39.0 Å². The Balaban J connectivity index is 3.07. The highest BCUT2D eigenvalue weighted by Crippen LogP contribution is 2.42. The van der Waals surface area contributed by atoms with Crippen LogP contribution in [0.3, 0.4) is 0 Å². The molecule has 0 bridgehead atoms. The molecule has 0 saturated heterocycles. The lowest BCUT2D eigenvalue weighted by Crippen LogP contribution is -2.10. The molecule has 0 atom stereocenters. The molecule has 0 radical (unpaired) electrons. The summed E-state index contributed by atoms with van der Waals surface area (Å²) in [6, 6.07) is 7.78. The Morgan fingerprint density at radius 2 is 1.85 bits per heavy atom. The van der Waals surface area contributed by atoms with E-state index in [2.05, 4.69) is 31.9 Å². The van der Waals surface area contributed by atoms with E-state index in [4.69, 9.17) is 5.73 Å². The number of hydrogen-bond donors (Lipinski definition) is 1. The maximum Gasteiger partial charge on any atom is 0.160 e. The van der Waals surface area contributed by atoms with E-state index >= 15 is 0 Å². The average Bonchev–Trinajstić information content (AvgIpc) is 2.87. The number of carbonyl (C=O) groups is 1. The van der Waals surface area contributed by atoms with E-state index < -0.39 is 0 Å². The summed E-state index contributed by atoms with van der Waals surface area (Å²) >= 11 is 0. The van der Waals surface area contributed by atoms with E-state index in [9.17, 15) is 10.1 Å². The van der Waals surface area contributed by atoms with Crippen LogP contribution in [-0.2, 0) is 4.79 Å². The first-order valence-electron chi connectivity index (χ1n) is 11.2. The molecule has 0 heterocycles. The van der Waals surface area contributed by atoms with Crippen LogP contribution in [0.5, 0.6) is 0 Å². The minimum atomic E-state index is -0.0440. The molecule has 1 aromatic carbocycles. The van der Waals surface area contributed by atoms with Gasteiger partial charge in [-0.2, -0.15) is 5.26 Å². The zero-order chi connectivity index (χ0) is 24.7. The van der Waals surface area contributed by atoms with Gasteiger partial charge in [0.15, 0.2) is 5.78 Å². The number of benzene rings is 1. The molecule has 0 unspecified atom stereocenters. The van der Waals surface area contributed by atoms with Gasteiger partial charge in [0, 0.05) is 11.1 Å². The van der Waals surface area contributed by atoms with Crippen LogP contribution in [0, 0.1) is 18.3 Å². The fourth-order valence-corrected chi connectivity index (χ4v) is 4.22. The molecule has 1 aliphatic carbocycles. The number of hydrogen-bond acceptors (Lipinski definition) is 3. The van der Waals surface area contributed by atoms with Gasteiger partial charge in [-0.3, -0.25) is 4.79 Å². The molecule has 3 heteroatoms. The number of Topliss-reactive ketones (excluding diaryl/α,β-unsaturated/α-hetero) is 1. The molecule has 1 aromatic rings. The third kappa shape index (κ3) is 5.86. The van der Waals surface area contributed by atoms with Crippen molar-refractivity contribution in [3.63, 3.8) is 0 Å². The van der Waals surface area contributed by atoms with Crippen LogP contribution in [0.4, 0.5) is 0 Å². The van der Waals surface area contributed by atoms with Crippen LogP contribution in [0.2, 0.25) is 0 Å². The zero-order valence-corrected chi connectivity index (χ0v) is 20.3. The Morgan fingerprint density at radius 3 is 2.39 bits per heavy atom. The van der Waals surface area contributed by atoms with Crippen molar-refractivity contribution in [2.45, 2.75) is 47.0 Å². The third-order valence-electron chi connectivity index (χ3n) is 5.94. The van der Waals surface area contributed by atoms with E-state index in [0.717, 1.165) is 69.4 Å². The van der Waals surface area contributed by atoms with Crippen molar-refractivity contribution in [2.24, 2.45) is 5.73 Å². The number of nitrogens with zero attached hydrogens (tertiary/aromatic N) is 1. The summed E-state index contributed by atoms with van der Waals surface area (Å²) in [6.45, 7) is 20.7. The Hall–Kier alpha value is -3.48. The van der Waals surface area contributed by atoms with Gasteiger partial charge in [0.2, 0.25) is 0 Å². The highest BCUT2D eigenvalue weighted by molar-refractivity contribution is 6.12. The maximum absolute atomic E-state index is 13.1. The van der Waals surface area contributed by atoms with Crippen molar-refractivity contribution in [3.05, 3.63) is 112 Å². The van der Waals surface area contributed by atoms with Crippen molar-refractivity contribution >= 4 is 11.4 Å². The van der Waals surface area contributed by atoms with E-state index in [1.54, 1.807) is 19.1 Å². The van der Waals surface area contributed by atoms with Crippen molar-refractivity contribution < 1.29 is 4.79 Å². The SMILES string of the molecule is C=C/C(C)=C(C(C)=O)\C(=C1/C(=C)C(C)=CC(=C)C=C1CCCCN)c1ccc(C#N)cc1C. The molecule has 0 aliphatic heterocycles. The highest BCUT2D eigenvalue weighted by atomic mass is 16.1. The van der Waals surface area contributed by atoms with Crippen LogP contribution < -0.4 is 5.73 Å². The second kappa shape index (κ2) is 11.4. The number of rotatable bonds is 8. The first kappa shape index (κ1) is 25.8. The molecule has 0 amide bonds.